The van der Waals surface area contributed by atoms with E-state index in [1.54, 1.807) is 25.3 Å². The van der Waals surface area contributed by atoms with Gasteiger partial charge in [0.1, 0.15) is 17.4 Å². The molecule has 0 aliphatic carbocycles. The van der Waals surface area contributed by atoms with Crippen molar-refractivity contribution >= 4 is 11.6 Å². The number of rotatable bonds is 7. The van der Waals surface area contributed by atoms with Crippen LogP contribution >= 0.6 is 0 Å². The number of carbonyl (C=O) groups is 1. The number of carbonyl (C=O) groups excluding carboxylic acids is 1. The molecule has 2 aromatic carbocycles. The minimum absolute atomic E-state index is 0.140. The molecule has 1 aliphatic rings. The van der Waals surface area contributed by atoms with E-state index in [4.69, 9.17) is 4.74 Å². The topological polar surface area (TPSA) is 67.3 Å². The third-order valence-electron chi connectivity index (χ3n) is 5.70. The van der Waals surface area contributed by atoms with Gasteiger partial charge < -0.3 is 10.1 Å². The Labute approximate surface area is 193 Å². The van der Waals surface area contributed by atoms with Gasteiger partial charge in [-0.15, -0.1) is 0 Å². The molecule has 1 saturated heterocycles. The molecule has 172 valence electrons. The molecule has 1 amide bonds. The summed E-state index contributed by atoms with van der Waals surface area (Å²) in [5, 5.41) is 2.59. The second-order valence-electron chi connectivity index (χ2n) is 8.69. The van der Waals surface area contributed by atoms with Gasteiger partial charge in [0.2, 0.25) is 0 Å². The molecule has 6 nitrogen and oxygen atoms in total. The van der Waals surface area contributed by atoms with E-state index in [-0.39, 0.29) is 17.7 Å². The van der Waals surface area contributed by atoms with E-state index >= 15 is 0 Å². The highest BCUT2D eigenvalue weighted by Crippen LogP contribution is 2.27. The van der Waals surface area contributed by atoms with Gasteiger partial charge in [-0.05, 0) is 63.6 Å². The molecule has 0 radical (unpaired) electrons. The SMILES string of the molecule is Cc1nc([C@H]2CCN(Cc3ccc(OC(C)C)cc3)C2)ncc1C(=O)Nc1ccccc1F. The second kappa shape index (κ2) is 10.1. The van der Waals surface area contributed by atoms with Crippen molar-refractivity contribution in [3.05, 3.63) is 83.2 Å². The number of anilines is 1. The summed E-state index contributed by atoms with van der Waals surface area (Å²) in [6.45, 7) is 8.51. The first-order valence-corrected chi connectivity index (χ1v) is 11.3. The third kappa shape index (κ3) is 5.73. The van der Waals surface area contributed by atoms with Crippen LogP contribution < -0.4 is 10.1 Å². The molecular formula is C26H29FN4O2. The summed E-state index contributed by atoms with van der Waals surface area (Å²) in [4.78, 5) is 24.1. The Morgan fingerprint density at radius 2 is 1.97 bits per heavy atom. The zero-order valence-electron chi connectivity index (χ0n) is 19.2. The van der Waals surface area contributed by atoms with Crippen LogP contribution in [0.2, 0.25) is 0 Å². The van der Waals surface area contributed by atoms with Crippen molar-refractivity contribution in [1.82, 2.24) is 14.9 Å². The van der Waals surface area contributed by atoms with Crippen LogP contribution in [0.25, 0.3) is 0 Å². The Kier molecular flexibility index (Phi) is 6.99. The van der Waals surface area contributed by atoms with Crippen molar-refractivity contribution in [2.45, 2.75) is 45.8 Å². The highest BCUT2D eigenvalue weighted by Gasteiger charge is 2.27. The Morgan fingerprint density at radius 1 is 1.21 bits per heavy atom. The number of hydrogen-bond donors (Lipinski definition) is 1. The first-order chi connectivity index (χ1) is 15.9. The normalized spacial score (nSPS) is 16.2. The lowest BCUT2D eigenvalue weighted by Crippen LogP contribution is -2.21. The minimum atomic E-state index is -0.478. The number of benzene rings is 2. The molecule has 3 aromatic rings. The highest BCUT2D eigenvalue weighted by atomic mass is 19.1. The summed E-state index contributed by atoms with van der Waals surface area (Å²) in [6, 6.07) is 14.3. The van der Waals surface area contributed by atoms with Gasteiger partial charge >= 0.3 is 0 Å². The Hall–Kier alpha value is -3.32. The van der Waals surface area contributed by atoms with Crippen LogP contribution in [-0.4, -0.2) is 40.0 Å². The van der Waals surface area contributed by atoms with Crippen LogP contribution in [0.5, 0.6) is 5.75 Å². The van der Waals surface area contributed by atoms with E-state index in [0.29, 0.717) is 11.3 Å². The molecule has 4 rings (SSSR count). The van der Waals surface area contributed by atoms with E-state index in [1.165, 1.54) is 17.7 Å². The molecule has 1 fully saturated rings. The van der Waals surface area contributed by atoms with Crippen molar-refractivity contribution in [2.24, 2.45) is 0 Å². The number of ether oxygens (including phenoxy) is 1. The van der Waals surface area contributed by atoms with E-state index in [9.17, 15) is 9.18 Å². The van der Waals surface area contributed by atoms with E-state index in [0.717, 1.165) is 37.6 Å². The zero-order chi connectivity index (χ0) is 23.4. The molecule has 0 unspecified atom stereocenters. The first kappa shape index (κ1) is 22.9. The third-order valence-corrected chi connectivity index (χ3v) is 5.70. The van der Waals surface area contributed by atoms with Gasteiger partial charge in [-0.25, -0.2) is 14.4 Å². The summed E-state index contributed by atoms with van der Waals surface area (Å²) >= 11 is 0. The molecular weight excluding hydrogens is 419 g/mol. The number of hydrogen-bond acceptors (Lipinski definition) is 5. The van der Waals surface area contributed by atoms with Crippen molar-refractivity contribution in [3.8, 4) is 5.75 Å². The summed E-state index contributed by atoms with van der Waals surface area (Å²) in [5.41, 5.74) is 2.32. The predicted octanol–water partition coefficient (Wildman–Crippen LogP) is 4.95. The largest absolute Gasteiger partial charge is 0.491 e. The molecule has 1 atom stereocenters. The fourth-order valence-electron chi connectivity index (χ4n) is 4.05. The Balaban J connectivity index is 1.36. The summed E-state index contributed by atoms with van der Waals surface area (Å²) < 4.78 is 19.6. The van der Waals surface area contributed by atoms with Gasteiger partial charge in [-0.1, -0.05) is 24.3 Å². The van der Waals surface area contributed by atoms with E-state index < -0.39 is 11.7 Å². The summed E-state index contributed by atoms with van der Waals surface area (Å²) in [7, 11) is 0. The van der Waals surface area contributed by atoms with Gasteiger partial charge in [0.05, 0.1) is 23.0 Å². The first-order valence-electron chi connectivity index (χ1n) is 11.3. The van der Waals surface area contributed by atoms with Gasteiger partial charge in [-0.3, -0.25) is 9.69 Å². The molecule has 1 aliphatic heterocycles. The second-order valence-corrected chi connectivity index (χ2v) is 8.69. The van der Waals surface area contributed by atoms with Crippen LogP contribution in [0.4, 0.5) is 10.1 Å². The minimum Gasteiger partial charge on any atom is -0.491 e. The fourth-order valence-corrected chi connectivity index (χ4v) is 4.05. The molecule has 2 heterocycles. The fraction of sp³-hybridized carbons (Fsp3) is 0.346. The molecule has 0 spiro atoms. The van der Waals surface area contributed by atoms with Crippen LogP contribution in [0.1, 0.15) is 53.6 Å². The number of halogens is 1. The zero-order valence-corrected chi connectivity index (χ0v) is 19.2. The van der Waals surface area contributed by atoms with Crippen molar-refractivity contribution in [3.63, 3.8) is 0 Å². The molecule has 1 N–H and O–H groups in total. The number of aryl methyl sites for hydroxylation is 1. The maximum Gasteiger partial charge on any atom is 0.259 e. The average molecular weight is 449 g/mol. The summed E-state index contributed by atoms with van der Waals surface area (Å²) in [5.74, 6) is 0.960. The molecule has 7 heteroatoms. The number of likely N-dealkylation sites (tertiary alicyclic amines) is 1. The molecule has 33 heavy (non-hydrogen) atoms. The van der Waals surface area contributed by atoms with Crippen LogP contribution in [-0.2, 0) is 6.54 Å². The van der Waals surface area contributed by atoms with E-state index in [2.05, 4.69) is 32.3 Å². The quantitative estimate of drug-likeness (QED) is 0.554. The number of nitrogens with one attached hydrogen (secondary N) is 1. The smallest absolute Gasteiger partial charge is 0.259 e. The highest BCUT2D eigenvalue weighted by molar-refractivity contribution is 6.04. The van der Waals surface area contributed by atoms with Crippen LogP contribution in [0, 0.1) is 12.7 Å². The Bertz CT molecular complexity index is 1120. The lowest BCUT2D eigenvalue weighted by molar-refractivity contribution is 0.102. The standard InChI is InChI=1S/C26H29FN4O2/c1-17(2)33-21-10-8-19(9-11-21)15-31-13-12-20(16-31)25-28-14-22(18(3)29-25)26(32)30-24-7-5-4-6-23(24)27/h4-11,14,17,20H,12-13,15-16H2,1-3H3,(H,30,32)/t20-/m0/s1. The van der Waals surface area contributed by atoms with Gasteiger partial charge in [-0.2, -0.15) is 0 Å². The van der Waals surface area contributed by atoms with Crippen LogP contribution in [0.3, 0.4) is 0 Å². The predicted molar refractivity (Wildman–Crippen MR) is 126 cm³/mol. The number of para-hydroxylation sites is 1. The lowest BCUT2D eigenvalue weighted by atomic mass is 10.1. The average Bonchev–Trinajstić information content (AvgIpc) is 3.25. The lowest BCUT2D eigenvalue weighted by Gasteiger charge is -2.17. The number of nitrogens with zero attached hydrogens (tertiary/aromatic N) is 3. The number of aromatic nitrogens is 2. The van der Waals surface area contributed by atoms with Crippen molar-refractivity contribution in [2.75, 3.05) is 18.4 Å². The van der Waals surface area contributed by atoms with E-state index in [1.807, 2.05) is 26.0 Å². The van der Waals surface area contributed by atoms with Gasteiger partial charge in [0.25, 0.3) is 5.91 Å². The molecule has 0 saturated carbocycles. The van der Waals surface area contributed by atoms with Gasteiger partial charge in [0.15, 0.2) is 0 Å². The van der Waals surface area contributed by atoms with Crippen molar-refractivity contribution < 1.29 is 13.9 Å². The monoisotopic (exact) mass is 448 g/mol. The molecule has 0 bridgehead atoms. The van der Waals surface area contributed by atoms with Crippen LogP contribution in [0.15, 0.2) is 54.7 Å². The molecule has 1 aromatic heterocycles. The van der Waals surface area contributed by atoms with Crippen molar-refractivity contribution in [1.29, 1.82) is 0 Å². The van der Waals surface area contributed by atoms with Gasteiger partial charge in [0, 0.05) is 25.2 Å². The Morgan fingerprint density at radius 3 is 2.67 bits per heavy atom. The number of amides is 1. The maximum atomic E-state index is 13.8. The maximum absolute atomic E-state index is 13.8. The summed E-state index contributed by atoms with van der Waals surface area (Å²) in [6.07, 6.45) is 2.68.